The van der Waals surface area contributed by atoms with Gasteiger partial charge in [-0.2, -0.15) is 0 Å². The van der Waals surface area contributed by atoms with Gasteiger partial charge in [-0.3, -0.25) is 4.90 Å². The minimum atomic E-state index is -1.02. The van der Waals surface area contributed by atoms with Crippen LogP contribution >= 0.6 is 15.9 Å². The van der Waals surface area contributed by atoms with Crippen molar-refractivity contribution < 1.29 is 19.4 Å². The zero-order valence-corrected chi connectivity index (χ0v) is 11.6. The van der Waals surface area contributed by atoms with Crippen LogP contribution in [0, 0.1) is 0 Å². The fourth-order valence-electron chi connectivity index (χ4n) is 1.64. The lowest BCUT2D eigenvalue weighted by molar-refractivity contribution is -0.131. The second-order valence-electron chi connectivity index (χ2n) is 4.12. The Labute approximate surface area is 118 Å². The molecular weight excluding hydrogens is 314 g/mol. The fraction of sp³-hybridized carbons (Fsp3) is 0.231. The molecule has 0 spiro atoms. The number of carbonyl (C=O) groups is 2. The summed E-state index contributed by atoms with van der Waals surface area (Å²) in [6.45, 7) is 0.802. The van der Waals surface area contributed by atoms with Crippen LogP contribution in [-0.4, -0.2) is 35.2 Å². The van der Waals surface area contributed by atoms with Crippen LogP contribution in [0.5, 0.6) is 0 Å². The lowest BCUT2D eigenvalue weighted by Gasteiger charge is -2.33. The first kappa shape index (κ1) is 13.6. The van der Waals surface area contributed by atoms with Crippen molar-refractivity contribution in [3.63, 3.8) is 0 Å². The number of likely N-dealkylation sites (tertiary alicyclic amines) is 1. The summed E-state index contributed by atoms with van der Waals surface area (Å²) >= 11 is 2.97. The van der Waals surface area contributed by atoms with Crippen LogP contribution in [-0.2, 0) is 16.1 Å². The number of carbonyl (C=O) groups excluding carboxylic acids is 1. The van der Waals surface area contributed by atoms with E-state index < -0.39 is 12.1 Å². The van der Waals surface area contributed by atoms with Crippen molar-refractivity contribution in [2.45, 2.75) is 6.61 Å². The van der Waals surface area contributed by atoms with Crippen molar-refractivity contribution >= 4 is 28.0 Å². The lowest BCUT2D eigenvalue weighted by Crippen LogP contribution is -2.45. The molecule has 1 heterocycles. The Balaban J connectivity index is 1.81. The SMILES string of the molecule is O=C(O)C(Br)=C1CN(C(=O)OCc2ccccc2)C1. The first-order chi connectivity index (χ1) is 9.08. The first-order valence-electron chi connectivity index (χ1n) is 5.64. The Morgan fingerprint density at radius 1 is 1.26 bits per heavy atom. The Bertz CT molecular complexity index is 519. The van der Waals surface area contributed by atoms with E-state index >= 15 is 0 Å². The minimum absolute atomic E-state index is 0.125. The third-order valence-corrected chi connectivity index (χ3v) is 3.62. The average molecular weight is 326 g/mol. The molecule has 1 amide bonds. The van der Waals surface area contributed by atoms with E-state index in [2.05, 4.69) is 15.9 Å². The normalized spacial score (nSPS) is 13.7. The second kappa shape index (κ2) is 5.88. The minimum Gasteiger partial charge on any atom is -0.477 e. The summed E-state index contributed by atoms with van der Waals surface area (Å²) in [7, 11) is 0. The van der Waals surface area contributed by atoms with E-state index in [9.17, 15) is 9.59 Å². The number of nitrogens with zero attached hydrogens (tertiary/aromatic N) is 1. The predicted octanol–water partition coefficient (Wildman–Crippen LogP) is 2.37. The Morgan fingerprint density at radius 2 is 1.89 bits per heavy atom. The molecule has 1 fully saturated rings. The largest absolute Gasteiger partial charge is 0.477 e. The Morgan fingerprint density at radius 3 is 2.47 bits per heavy atom. The highest BCUT2D eigenvalue weighted by molar-refractivity contribution is 9.12. The fourth-order valence-corrected chi connectivity index (χ4v) is 1.89. The molecule has 1 aromatic rings. The van der Waals surface area contributed by atoms with Crippen LogP contribution in [0.25, 0.3) is 0 Å². The topological polar surface area (TPSA) is 66.8 Å². The summed E-state index contributed by atoms with van der Waals surface area (Å²) in [6, 6.07) is 9.38. The number of carboxylic acid groups (broad SMARTS) is 1. The van der Waals surface area contributed by atoms with Gasteiger partial charge in [-0.15, -0.1) is 0 Å². The number of ether oxygens (including phenoxy) is 1. The molecule has 1 N–H and O–H groups in total. The van der Waals surface area contributed by atoms with E-state index in [0.29, 0.717) is 18.7 Å². The number of benzene rings is 1. The van der Waals surface area contributed by atoms with Crippen molar-refractivity contribution in [3.8, 4) is 0 Å². The number of rotatable bonds is 3. The molecule has 0 bridgehead atoms. The van der Waals surface area contributed by atoms with Gasteiger partial charge in [0.1, 0.15) is 11.1 Å². The maximum atomic E-state index is 11.7. The highest BCUT2D eigenvalue weighted by Crippen LogP contribution is 2.23. The maximum Gasteiger partial charge on any atom is 0.410 e. The molecule has 19 heavy (non-hydrogen) atoms. The Kier molecular flexibility index (Phi) is 4.21. The zero-order valence-electron chi connectivity index (χ0n) is 10.0. The third kappa shape index (κ3) is 3.35. The third-order valence-electron chi connectivity index (χ3n) is 2.72. The van der Waals surface area contributed by atoms with Gasteiger partial charge < -0.3 is 9.84 Å². The molecule has 0 atom stereocenters. The van der Waals surface area contributed by atoms with E-state index in [1.165, 1.54) is 4.90 Å². The van der Waals surface area contributed by atoms with Crippen molar-refractivity contribution in [2.24, 2.45) is 0 Å². The lowest BCUT2D eigenvalue weighted by atomic mass is 10.1. The van der Waals surface area contributed by atoms with Gasteiger partial charge in [0.2, 0.25) is 0 Å². The molecule has 1 aliphatic rings. The summed E-state index contributed by atoms with van der Waals surface area (Å²) in [6.07, 6.45) is -0.432. The van der Waals surface area contributed by atoms with Crippen molar-refractivity contribution in [1.82, 2.24) is 4.90 Å². The quantitative estimate of drug-likeness (QED) is 0.866. The first-order valence-corrected chi connectivity index (χ1v) is 6.43. The van der Waals surface area contributed by atoms with Crippen LogP contribution in [0.2, 0.25) is 0 Å². The number of hydrogen-bond donors (Lipinski definition) is 1. The second-order valence-corrected chi connectivity index (χ2v) is 4.91. The summed E-state index contributed by atoms with van der Waals surface area (Å²) < 4.78 is 5.25. The van der Waals surface area contributed by atoms with Crippen molar-refractivity contribution in [2.75, 3.05) is 13.1 Å². The van der Waals surface area contributed by atoms with Crippen LogP contribution in [0.1, 0.15) is 5.56 Å². The zero-order chi connectivity index (χ0) is 13.8. The number of aliphatic carboxylic acids is 1. The molecule has 5 nitrogen and oxygen atoms in total. The summed E-state index contributed by atoms with van der Waals surface area (Å²) in [5.74, 6) is -1.02. The van der Waals surface area contributed by atoms with Gasteiger partial charge in [0.25, 0.3) is 0 Å². The molecule has 0 saturated carbocycles. The van der Waals surface area contributed by atoms with E-state index in [-0.39, 0.29) is 11.1 Å². The number of hydrogen-bond acceptors (Lipinski definition) is 3. The standard InChI is InChI=1S/C13H12BrNO4/c14-11(12(16)17)10-6-15(7-10)13(18)19-8-9-4-2-1-3-5-9/h1-5H,6-8H2,(H,16,17). The van der Waals surface area contributed by atoms with Crippen LogP contribution < -0.4 is 0 Å². The van der Waals surface area contributed by atoms with Gasteiger partial charge in [-0.1, -0.05) is 30.3 Å². The molecule has 0 aromatic heterocycles. The van der Waals surface area contributed by atoms with Gasteiger partial charge in [-0.25, -0.2) is 9.59 Å². The molecule has 1 aliphatic heterocycles. The number of carboxylic acids is 1. The van der Waals surface area contributed by atoms with Crippen LogP contribution in [0.15, 0.2) is 40.4 Å². The van der Waals surface area contributed by atoms with E-state index in [0.717, 1.165) is 5.56 Å². The molecular formula is C13H12BrNO4. The van der Waals surface area contributed by atoms with Crippen molar-refractivity contribution in [1.29, 1.82) is 0 Å². The summed E-state index contributed by atoms with van der Waals surface area (Å²) in [4.78, 5) is 23.8. The highest BCUT2D eigenvalue weighted by atomic mass is 79.9. The number of amides is 1. The molecule has 100 valence electrons. The predicted molar refractivity (Wildman–Crippen MR) is 71.8 cm³/mol. The van der Waals surface area contributed by atoms with Crippen LogP contribution in [0.3, 0.4) is 0 Å². The maximum absolute atomic E-state index is 11.7. The summed E-state index contributed by atoms with van der Waals surface area (Å²) in [5, 5.41) is 8.75. The van der Waals surface area contributed by atoms with Gasteiger partial charge in [0.15, 0.2) is 0 Å². The number of halogens is 1. The molecule has 0 radical (unpaired) electrons. The van der Waals surface area contributed by atoms with E-state index in [1.807, 2.05) is 30.3 Å². The molecule has 2 rings (SSSR count). The van der Waals surface area contributed by atoms with E-state index in [1.54, 1.807) is 0 Å². The molecule has 1 aromatic carbocycles. The monoisotopic (exact) mass is 325 g/mol. The van der Waals surface area contributed by atoms with Gasteiger partial charge in [0, 0.05) is 13.1 Å². The van der Waals surface area contributed by atoms with E-state index in [4.69, 9.17) is 9.84 Å². The van der Waals surface area contributed by atoms with Gasteiger partial charge in [-0.05, 0) is 27.1 Å². The van der Waals surface area contributed by atoms with Gasteiger partial charge in [0.05, 0.1) is 0 Å². The van der Waals surface area contributed by atoms with Crippen LogP contribution in [0.4, 0.5) is 4.79 Å². The average Bonchev–Trinajstić information content (AvgIpc) is 2.35. The summed E-state index contributed by atoms with van der Waals surface area (Å²) in [5.41, 5.74) is 1.60. The Hall–Kier alpha value is -1.82. The molecule has 6 heteroatoms. The van der Waals surface area contributed by atoms with Crippen molar-refractivity contribution in [3.05, 3.63) is 46.0 Å². The highest BCUT2D eigenvalue weighted by Gasteiger charge is 2.30. The van der Waals surface area contributed by atoms with Gasteiger partial charge >= 0.3 is 12.1 Å². The molecule has 0 aliphatic carbocycles. The smallest absolute Gasteiger partial charge is 0.410 e. The molecule has 1 saturated heterocycles. The molecule has 0 unspecified atom stereocenters.